The van der Waals surface area contributed by atoms with Crippen LogP contribution in [0.4, 0.5) is 11.4 Å². The minimum absolute atomic E-state index is 0.495. The standard InChI is InChI=1S/C11H18N2/c1-3-6-9(2)13-11-8-5-4-7-10(11)12/h4-5,7-9,13H,3,6,12H2,1-2H3. The van der Waals surface area contributed by atoms with Gasteiger partial charge >= 0.3 is 0 Å². The molecule has 1 atom stereocenters. The fourth-order valence-electron chi connectivity index (χ4n) is 1.40. The van der Waals surface area contributed by atoms with E-state index in [4.69, 9.17) is 5.73 Å². The van der Waals surface area contributed by atoms with E-state index in [0.717, 1.165) is 11.4 Å². The maximum absolute atomic E-state index is 5.80. The van der Waals surface area contributed by atoms with Crippen LogP contribution in [0, 0.1) is 0 Å². The molecule has 0 aliphatic heterocycles. The van der Waals surface area contributed by atoms with Gasteiger partial charge in [-0.05, 0) is 25.5 Å². The van der Waals surface area contributed by atoms with Crippen molar-refractivity contribution < 1.29 is 0 Å². The van der Waals surface area contributed by atoms with Gasteiger partial charge in [-0.3, -0.25) is 0 Å². The molecule has 0 aromatic heterocycles. The second-order valence-corrected chi connectivity index (χ2v) is 3.42. The first-order chi connectivity index (χ1) is 6.24. The van der Waals surface area contributed by atoms with Crippen LogP contribution in [0.2, 0.25) is 0 Å². The van der Waals surface area contributed by atoms with Crippen molar-refractivity contribution in [2.24, 2.45) is 0 Å². The van der Waals surface area contributed by atoms with Crippen molar-refractivity contribution in [1.29, 1.82) is 0 Å². The van der Waals surface area contributed by atoms with Crippen LogP contribution >= 0.6 is 0 Å². The van der Waals surface area contributed by atoms with E-state index in [1.165, 1.54) is 12.8 Å². The molecule has 0 amide bonds. The van der Waals surface area contributed by atoms with Crippen LogP contribution in [0.3, 0.4) is 0 Å². The number of nitrogens with two attached hydrogens (primary N) is 1. The maximum atomic E-state index is 5.80. The van der Waals surface area contributed by atoms with Crippen molar-refractivity contribution in [2.45, 2.75) is 32.7 Å². The molecule has 72 valence electrons. The summed E-state index contributed by atoms with van der Waals surface area (Å²) in [5.41, 5.74) is 7.67. The molecule has 0 aliphatic rings. The predicted octanol–water partition coefficient (Wildman–Crippen LogP) is 2.87. The molecule has 0 saturated carbocycles. The number of rotatable bonds is 4. The maximum Gasteiger partial charge on any atom is 0.0575 e. The Labute approximate surface area is 80.1 Å². The summed E-state index contributed by atoms with van der Waals surface area (Å²) < 4.78 is 0. The first kappa shape index (κ1) is 9.90. The van der Waals surface area contributed by atoms with E-state index in [2.05, 4.69) is 19.2 Å². The van der Waals surface area contributed by atoms with Gasteiger partial charge in [0.05, 0.1) is 11.4 Å². The van der Waals surface area contributed by atoms with Gasteiger partial charge in [0.1, 0.15) is 0 Å². The second kappa shape index (κ2) is 4.75. The molecule has 0 fully saturated rings. The highest BCUT2D eigenvalue weighted by Crippen LogP contribution is 2.18. The average molecular weight is 178 g/mol. The molecule has 2 nitrogen and oxygen atoms in total. The van der Waals surface area contributed by atoms with E-state index in [1.54, 1.807) is 0 Å². The summed E-state index contributed by atoms with van der Waals surface area (Å²) >= 11 is 0. The van der Waals surface area contributed by atoms with E-state index in [0.29, 0.717) is 6.04 Å². The SMILES string of the molecule is CCCC(C)Nc1ccccc1N. The van der Waals surface area contributed by atoms with Crippen molar-refractivity contribution >= 4 is 11.4 Å². The van der Waals surface area contributed by atoms with Gasteiger partial charge in [0.25, 0.3) is 0 Å². The first-order valence-electron chi connectivity index (χ1n) is 4.85. The lowest BCUT2D eigenvalue weighted by Crippen LogP contribution is -2.15. The summed E-state index contributed by atoms with van der Waals surface area (Å²) in [4.78, 5) is 0. The van der Waals surface area contributed by atoms with E-state index < -0.39 is 0 Å². The minimum Gasteiger partial charge on any atom is -0.397 e. The van der Waals surface area contributed by atoms with Crippen molar-refractivity contribution in [3.63, 3.8) is 0 Å². The van der Waals surface area contributed by atoms with Gasteiger partial charge < -0.3 is 11.1 Å². The molecule has 1 aromatic rings. The van der Waals surface area contributed by atoms with Gasteiger partial charge in [0.2, 0.25) is 0 Å². The third-order valence-corrected chi connectivity index (χ3v) is 2.08. The predicted molar refractivity (Wildman–Crippen MR) is 58.8 cm³/mol. The van der Waals surface area contributed by atoms with Crippen LogP contribution in [0.25, 0.3) is 0 Å². The molecule has 0 radical (unpaired) electrons. The Morgan fingerprint density at radius 2 is 2.08 bits per heavy atom. The summed E-state index contributed by atoms with van der Waals surface area (Å²) in [5, 5.41) is 3.39. The molecular weight excluding hydrogens is 160 g/mol. The molecule has 1 rings (SSSR count). The average Bonchev–Trinajstić information content (AvgIpc) is 2.09. The van der Waals surface area contributed by atoms with E-state index in [-0.39, 0.29) is 0 Å². The summed E-state index contributed by atoms with van der Waals surface area (Å²) in [6, 6.07) is 8.37. The van der Waals surface area contributed by atoms with Crippen LogP contribution in [0.1, 0.15) is 26.7 Å². The van der Waals surface area contributed by atoms with Gasteiger partial charge in [-0.15, -0.1) is 0 Å². The summed E-state index contributed by atoms with van der Waals surface area (Å²) in [6.07, 6.45) is 2.37. The van der Waals surface area contributed by atoms with Crippen LogP contribution in [0.5, 0.6) is 0 Å². The molecule has 1 aromatic carbocycles. The third kappa shape index (κ3) is 2.98. The lowest BCUT2D eigenvalue weighted by Gasteiger charge is -2.15. The van der Waals surface area contributed by atoms with Crippen LogP contribution in [0.15, 0.2) is 24.3 Å². The molecule has 3 N–H and O–H groups in total. The molecule has 0 aliphatic carbocycles. The van der Waals surface area contributed by atoms with Crippen LogP contribution in [-0.2, 0) is 0 Å². The second-order valence-electron chi connectivity index (χ2n) is 3.42. The summed E-state index contributed by atoms with van der Waals surface area (Å²) in [6.45, 7) is 4.36. The number of anilines is 2. The highest BCUT2D eigenvalue weighted by Gasteiger charge is 2.01. The Kier molecular flexibility index (Phi) is 3.62. The Balaban J connectivity index is 2.58. The monoisotopic (exact) mass is 178 g/mol. The van der Waals surface area contributed by atoms with Gasteiger partial charge in [0.15, 0.2) is 0 Å². The van der Waals surface area contributed by atoms with Crippen LogP contribution < -0.4 is 11.1 Å². The Morgan fingerprint density at radius 3 is 2.69 bits per heavy atom. The minimum atomic E-state index is 0.495. The number of hydrogen-bond acceptors (Lipinski definition) is 2. The smallest absolute Gasteiger partial charge is 0.0575 e. The number of hydrogen-bond donors (Lipinski definition) is 2. The largest absolute Gasteiger partial charge is 0.397 e. The molecule has 0 spiro atoms. The van der Waals surface area contributed by atoms with Gasteiger partial charge in [-0.1, -0.05) is 25.5 Å². The molecule has 1 unspecified atom stereocenters. The molecular formula is C11H18N2. The third-order valence-electron chi connectivity index (χ3n) is 2.08. The van der Waals surface area contributed by atoms with Gasteiger partial charge in [-0.25, -0.2) is 0 Å². The lowest BCUT2D eigenvalue weighted by atomic mass is 10.2. The highest BCUT2D eigenvalue weighted by atomic mass is 14.9. The number of nitrogens with one attached hydrogen (secondary N) is 1. The number of nitrogen functional groups attached to an aromatic ring is 1. The zero-order valence-electron chi connectivity index (χ0n) is 8.38. The van der Waals surface area contributed by atoms with Crippen LogP contribution in [-0.4, -0.2) is 6.04 Å². The Bertz CT molecular complexity index is 258. The Hall–Kier alpha value is -1.18. The molecule has 2 heteroatoms. The zero-order chi connectivity index (χ0) is 9.68. The number of benzene rings is 1. The first-order valence-corrected chi connectivity index (χ1v) is 4.85. The normalized spacial score (nSPS) is 12.5. The molecule has 0 saturated heterocycles. The van der Waals surface area contributed by atoms with E-state index >= 15 is 0 Å². The van der Waals surface area contributed by atoms with Gasteiger partial charge in [0, 0.05) is 6.04 Å². The number of para-hydroxylation sites is 2. The topological polar surface area (TPSA) is 38.0 Å². The van der Waals surface area contributed by atoms with Crippen molar-refractivity contribution in [1.82, 2.24) is 0 Å². The van der Waals surface area contributed by atoms with Crippen molar-refractivity contribution in [2.75, 3.05) is 11.1 Å². The zero-order valence-corrected chi connectivity index (χ0v) is 8.38. The quantitative estimate of drug-likeness (QED) is 0.696. The summed E-state index contributed by atoms with van der Waals surface area (Å²) in [7, 11) is 0. The Morgan fingerprint density at radius 1 is 1.38 bits per heavy atom. The van der Waals surface area contributed by atoms with E-state index in [9.17, 15) is 0 Å². The fraction of sp³-hybridized carbons (Fsp3) is 0.455. The summed E-state index contributed by atoms with van der Waals surface area (Å²) in [5.74, 6) is 0. The van der Waals surface area contributed by atoms with Crippen molar-refractivity contribution in [3.05, 3.63) is 24.3 Å². The highest BCUT2D eigenvalue weighted by molar-refractivity contribution is 5.65. The molecule has 0 heterocycles. The molecule has 0 bridgehead atoms. The lowest BCUT2D eigenvalue weighted by molar-refractivity contribution is 0.691. The van der Waals surface area contributed by atoms with E-state index in [1.807, 2.05) is 24.3 Å². The molecule has 13 heavy (non-hydrogen) atoms. The van der Waals surface area contributed by atoms with Crippen molar-refractivity contribution in [3.8, 4) is 0 Å². The fourth-order valence-corrected chi connectivity index (χ4v) is 1.40. The van der Waals surface area contributed by atoms with Gasteiger partial charge in [-0.2, -0.15) is 0 Å².